The quantitative estimate of drug-likeness (QED) is 0.584. The molecule has 0 aliphatic carbocycles. The zero-order valence-electron chi connectivity index (χ0n) is 15.5. The molecule has 0 fully saturated rings. The minimum atomic E-state index is 0.220. The van der Waals surface area contributed by atoms with E-state index >= 15 is 0 Å². The summed E-state index contributed by atoms with van der Waals surface area (Å²) in [6.07, 6.45) is 11.9. The zero-order valence-corrected chi connectivity index (χ0v) is 15.5. The van der Waals surface area contributed by atoms with Gasteiger partial charge in [-0.25, -0.2) is 0 Å². The van der Waals surface area contributed by atoms with Crippen LogP contribution < -0.4 is 10.6 Å². The maximum Gasteiger partial charge on any atom is 0.0725 e. The minimum Gasteiger partial charge on any atom is -0.277 e. The highest BCUT2D eigenvalue weighted by molar-refractivity contribution is 5.70. The summed E-state index contributed by atoms with van der Waals surface area (Å²) in [5, 5.41) is 2.36. The van der Waals surface area contributed by atoms with Crippen LogP contribution in [0.5, 0.6) is 0 Å². The molecular weight excluding hydrogens is 326 g/mol. The lowest BCUT2D eigenvalue weighted by atomic mass is 10.1. The lowest BCUT2D eigenvalue weighted by Crippen LogP contribution is -2.30. The molecule has 0 N–H and O–H groups in total. The SMILES string of the molecule is Cc1ccc2c(c1)=CCC(/C=C/c1ccc(/C=C\c3ccccc3)cc1)N=2. The largest absolute Gasteiger partial charge is 0.277 e. The highest BCUT2D eigenvalue weighted by Gasteiger charge is 2.05. The number of hydrogen-bond acceptors (Lipinski definition) is 1. The second kappa shape index (κ2) is 8.01. The highest BCUT2D eigenvalue weighted by atomic mass is 14.8. The Labute approximate surface area is 160 Å². The Kier molecular flexibility index (Phi) is 5.11. The molecule has 0 spiro atoms. The number of aryl methyl sites for hydroxylation is 1. The monoisotopic (exact) mass is 349 g/mol. The first kappa shape index (κ1) is 17.2. The third-order valence-corrected chi connectivity index (χ3v) is 4.78. The summed E-state index contributed by atoms with van der Waals surface area (Å²) in [5.41, 5.74) is 4.91. The molecule has 1 atom stereocenters. The summed E-state index contributed by atoms with van der Waals surface area (Å²) in [5.74, 6) is 0. The van der Waals surface area contributed by atoms with Crippen LogP contribution >= 0.6 is 0 Å². The summed E-state index contributed by atoms with van der Waals surface area (Å²) in [7, 11) is 0. The number of nitrogens with zero attached hydrogens (tertiary/aromatic N) is 1. The molecule has 1 unspecified atom stereocenters. The Morgan fingerprint density at radius 3 is 2.19 bits per heavy atom. The molecule has 27 heavy (non-hydrogen) atoms. The van der Waals surface area contributed by atoms with Gasteiger partial charge < -0.3 is 0 Å². The minimum absolute atomic E-state index is 0.220. The maximum absolute atomic E-state index is 4.85. The van der Waals surface area contributed by atoms with E-state index in [4.69, 9.17) is 4.99 Å². The Bertz CT molecular complexity index is 1090. The highest BCUT2D eigenvalue weighted by Crippen LogP contribution is 2.12. The predicted molar refractivity (Wildman–Crippen MR) is 116 cm³/mol. The van der Waals surface area contributed by atoms with Crippen molar-refractivity contribution in [2.24, 2.45) is 4.99 Å². The van der Waals surface area contributed by atoms with Crippen LogP contribution in [0.25, 0.3) is 24.3 Å². The van der Waals surface area contributed by atoms with Gasteiger partial charge in [0.15, 0.2) is 0 Å². The van der Waals surface area contributed by atoms with Gasteiger partial charge in [-0.05, 0) is 41.3 Å². The van der Waals surface area contributed by atoms with Crippen LogP contribution in [0.4, 0.5) is 0 Å². The first-order valence-corrected chi connectivity index (χ1v) is 9.42. The second-order valence-corrected chi connectivity index (χ2v) is 6.97. The number of benzene rings is 3. The van der Waals surface area contributed by atoms with E-state index in [9.17, 15) is 0 Å². The Morgan fingerprint density at radius 1 is 0.778 bits per heavy atom. The van der Waals surface area contributed by atoms with Crippen LogP contribution in [0.15, 0.2) is 83.9 Å². The van der Waals surface area contributed by atoms with Gasteiger partial charge in [0.1, 0.15) is 0 Å². The third kappa shape index (κ3) is 4.51. The summed E-state index contributed by atoms with van der Waals surface area (Å²) < 4.78 is 0. The van der Waals surface area contributed by atoms with E-state index < -0.39 is 0 Å². The standard InChI is InChI=1S/C26H23N/c1-20-7-18-26-24(19-20)15-17-25(27-26)16-14-23-12-10-22(11-13-23)9-8-21-5-3-2-4-6-21/h2-16,18-19,25H,17H2,1H3/b9-8-,16-14+. The van der Waals surface area contributed by atoms with E-state index in [0.29, 0.717) is 0 Å². The number of fused-ring (bicyclic) bond motifs is 1. The average molecular weight is 349 g/mol. The third-order valence-electron chi connectivity index (χ3n) is 4.78. The fraction of sp³-hybridized carbons (Fsp3) is 0.115. The lowest BCUT2D eigenvalue weighted by Gasteiger charge is -2.09. The predicted octanol–water partition coefficient (Wildman–Crippen LogP) is 5.05. The molecule has 132 valence electrons. The van der Waals surface area contributed by atoms with Gasteiger partial charge in [0.25, 0.3) is 0 Å². The van der Waals surface area contributed by atoms with Crippen LogP contribution in [0.2, 0.25) is 0 Å². The summed E-state index contributed by atoms with van der Waals surface area (Å²) in [4.78, 5) is 4.85. The molecule has 0 aromatic heterocycles. The fourth-order valence-corrected chi connectivity index (χ4v) is 3.25. The van der Waals surface area contributed by atoms with E-state index in [1.165, 1.54) is 27.5 Å². The Hall–Kier alpha value is -3.19. The Balaban J connectivity index is 1.44. The lowest BCUT2D eigenvalue weighted by molar-refractivity contribution is 0.811. The molecule has 0 bridgehead atoms. The zero-order chi connectivity index (χ0) is 18.5. The average Bonchev–Trinajstić information content (AvgIpc) is 2.72. The van der Waals surface area contributed by atoms with Crippen LogP contribution in [0.3, 0.4) is 0 Å². The van der Waals surface area contributed by atoms with Crippen molar-refractivity contribution in [2.75, 3.05) is 0 Å². The van der Waals surface area contributed by atoms with Gasteiger partial charge in [-0.15, -0.1) is 0 Å². The van der Waals surface area contributed by atoms with Gasteiger partial charge in [-0.2, -0.15) is 0 Å². The molecule has 1 aliphatic heterocycles. The molecule has 3 aromatic carbocycles. The molecule has 1 heterocycles. The second-order valence-electron chi connectivity index (χ2n) is 6.97. The Morgan fingerprint density at radius 2 is 1.44 bits per heavy atom. The van der Waals surface area contributed by atoms with Crippen LogP contribution in [-0.4, -0.2) is 6.04 Å². The van der Waals surface area contributed by atoms with E-state index in [0.717, 1.165) is 11.8 Å². The van der Waals surface area contributed by atoms with Crippen molar-refractivity contribution in [1.82, 2.24) is 0 Å². The van der Waals surface area contributed by atoms with Crippen molar-refractivity contribution in [3.8, 4) is 0 Å². The van der Waals surface area contributed by atoms with E-state index in [2.05, 4.69) is 104 Å². The molecule has 1 aliphatic rings. The molecule has 0 amide bonds. The molecule has 0 radical (unpaired) electrons. The molecule has 3 aromatic rings. The van der Waals surface area contributed by atoms with Crippen LogP contribution in [0.1, 0.15) is 28.7 Å². The van der Waals surface area contributed by atoms with Gasteiger partial charge in [-0.3, -0.25) is 4.99 Å². The first-order valence-electron chi connectivity index (χ1n) is 9.42. The molecule has 1 heteroatoms. The first-order chi connectivity index (χ1) is 13.3. The topological polar surface area (TPSA) is 12.4 Å². The van der Waals surface area contributed by atoms with Crippen LogP contribution in [-0.2, 0) is 0 Å². The normalized spacial score (nSPS) is 16.1. The maximum atomic E-state index is 4.85. The summed E-state index contributed by atoms with van der Waals surface area (Å²) >= 11 is 0. The van der Waals surface area contributed by atoms with Gasteiger partial charge in [0.2, 0.25) is 0 Å². The summed E-state index contributed by atoms with van der Waals surface area (Å²) in [6, 6.07) is 25.7. The van der Waals surface area contributed by atoms with Gasteiger partial charge in [0, 0.05) is 0 Å². The number of hydrogen-bond donors (Lipinski definition) is 0. The molecular formula is C26H23N. The van der Waals surface area contributed by atoms with Crippen molar-refractivity contribution in [1.29, 1.82) is 0 Å². The number of rotatable bonds is 4. The van der Waals surface area contributed by atoms with Gasteiger partial charge >= 0.3 is 0 Å². The smallest absolute Gasteiger partial charge is 0.0725 e. The van der Waals surface area contributed by atoms with E-state index in [1.807, 2.05) is 6.07 Å². The molecule has 4 rings (SSSR count). The van der Waals surface area contributed by atoms with Gasteiger partial charge in [-0.1, -0.05) is 103 Å². The fourth-order valence-electron chi connectivity index (χ4n) is 3.25. The van der Waals surface area contributed by atoms with Crippen molar-refractivity contribution >= 4 is 24.3 Å². The van der Waals surface area contributed by atoms with Gasteiger partial charge in [0.05, 0.1) is 11.4 Å². The van der Waals surface area contributed by atoms with Crippen molar-refractivity contribution in [3.05, 3.63) is 112 Å². The van der Waals surface area contributed by atoms with Crippen molar-refractivity contribution in [2.45, 2.75) is 19.4 Å². The molecule has 0 saturated heterocycles. The molecule has 0 saturated carbocycles. The summed E-state index contributed by atoms with van der Waals surface area (Å²) in [6.45, 7) is 2.12. The van der Waals surface area contributed by atoms with E-state index in [1.54, 1.807) is 0 Å². The van der Waals surface area contributed by atoms with Crippen LogP contribution in [0, 0.1) is 6.92 Å². The van der Waals surface area contributed by atoms with Crippen molar-refractivity contribution in [3.63, 3.8) is 0 Å². The van der Waals surface area contributed by atoms with Crippen molar-refractivity contribution < 1.29 is 0 Å². The molecule has 1 nitrogen and oxygen atoms in total. The van der Waals surface area contributed by atoms with E-state index in [-0.39, 0.29) is 6.04 Å².